The van der Waals surface area contributed by atoms with E-state index < -0.39 is 11.5 Å². The van der Waals surface area contributed by atoms with Crippen LogP contribution in [0.5, 0.6) is 0 Å². The molecule has 8 nitrogen and oxygen atoms in total. The molecule has 2 N–H and O–H groups in total. The van der Waals surface area contributed by atoms with Crippen LogP contribution in [0.2, 0.25) is 5.02 Å². The van der Waals surface area contributed by atoms with Gasteiger partial charge in [0.15, 0.2) is 0 Å². The van der Waals surface area contributed by atoms with Gasteiger partial charge in [-0.3, -0.25) is 9.78 Å². The quantitative estimate of drug-likeness (QED) is 0.180. The highest BCUT2D eigenvalue weighted by Crippen LogP contribution is 2.43. The zero-order valence-corrected chi connectivity index (χ0v) is 26.3. The van der Waals surface area contributed by atoms with Crippen molar-refractivity contribution in [3.05, 3.63) is 88.3 Å². The highest BCUT2D eigenvalue weighted by molar-refractivity contribution is 6.30. The van der Waals surface area contributed by atoms with Gasteiger partial charge < -0.3 is 19.6 Å². The first-order valence-electron chi connectivity index (χ1n) is 15.7. The number of rotatable bonds is 7. The third-order valence-electron chi connectivity index (χ3n) is 9.74. The number of imidazole rings is 1. The molecule has 0 bridgehead atoms. The van der Waals surface area contributed by atoms with Crippen molar-refractivity contribution in [3.8, 4) is 11.4 Å². The van der Waals surface area contributed by atoms with Crippen molar-refractivity contribution in [2.24, 2.45) is 7.05 Å². The fourth-order valence-electron chi connectivity index (χ4n) is 7.31. The number of amides is 1. The Bertz CT molecular complexity index is 1980. The Morgan fingerprint density at radius 1 is 1.02 bits per heavy atom. The number of fused-ring (bicyclic) bond motifs is 2. The van der Waals surface area contributed by atoms with Crippen molar-refractivity contribution in [1.29, 1.82) is 0 Å². The lowest BCUT2D eigenvalue weighted by molar-refractivity contribution is -0.131. The van der Waals surface area contributed by atoms with Crippen LogP contribution in [0.1, 0.15) is 84.7 Å². The van der Waals surface area contributed by atoms with E-state index in [0.717, 1.165) is 88.5 Å². The van der Waals surface area contributed by atoms with Crippen molar-refractivity contribution in [1.82, 2.24) is 24.4 Å². The third-order valence-corrected chi connectivity index (χ3v) is 9.96. The zero-order chi connectivity index (χ0) is 31.3. The molecule has 0 unspecified atom stereocenters. The van der Waals surface area contributed by atoms with Gasteiger partial charge in [0, 0.05) is 41.8 Å². The van der Waals surface area contributed by atoms with Gasteiger partial charge >= 0.3 is 5.97 Å². The Kier molecular flexibility index (Phi) is 7.48. The van der Waals surface area contributed by atoms with E-state index in [1.54, 1.807) is 12.3 Å². The molecule has 5 aromatic rings. The third kappa shape index (κ3) is 5.21. The van der Waals surface area contributed by atoms with E-state index in [1.807, 2.05) is 54.1 Å². The molecule has 2 aliphatic carbocycles. The molecule has 230 valence electrons. The predicted octanol–water partition coefficient (Wildman–Crippen LogP) is 7.96. The minimum atomic E-state index is -0.996. The Morgan fingerprint density at radius 2 is 1.80 bits per heavy atom. The van der Waals surface area contributed by atoms with Gasteiger partial charge in [0.2, 0.25) is 0 Å². The molecule has 0 spiro atoms. The summed E-state index contributed by atoms with van der Waals surface area (Å²) in [5.74, 6) is -0.303. The Balaban J connectivity index is 1.24. The second-order valence-corrected chi connectivity index (χ2v) is 13.0. The molecule has 3 heterocycles. The summed E-state index contributed by atoms with van der Waals surface area (Å²) in [5.41, 5.74) is 6.74. The first-order valence-corrected chi connectivity index (χ1v) is 16.1. The number of hydrogen-bond donors (Lipinski definition) is 2. The molecular formula is C36H36ClN5O3. The summed E-state index contributed by atoms with van der Waals surface area (Å²) in [4.78, 5) is 34.6. The highest BCUT2D eigenvalue weighted by atomic mass is 35.5. The van der Waals surface area contributed by atoms with Gasteiger partial charge in [-0.1, -0.05) is 36.9 Å². The standard InChI is InChI=1S/C36H36ClN5O3/c1-22-27-20-24(11-15-30(27)42(26-7-4-3-5-8-26)33(22)28-13-12-25(37)21-38-28)34(45)40-36(17-6-18-36)35-39-29-19-23(10-16-32(43)44)9-14-31(29)41(35)2/h9-16,19-21,26H,3-8,17-18H2,1-2H3,(H,40,45)(H,43,44). The maximum Gasteiger partial charge on any atom is 0.328 e. The van der Waals surface area contributed by atoms with Crippen LogP contribution in [0.15, 0.2) is 60.8 Å². The van der Waals surface area contributed by atoms with Gasteiger partial charge in [-0.2, -0.15) is 0 Å². The van der Waals surface area contributed by atoms with E-state index in [2.05, 4.69) is 22.9 Å². The van der Waals surface area contributed by atoms with E-state index in [4.69, 9.17) is 26.7 Å². The molecule has 9 heteroatoms. The summed E-state index contributed by atoms with van der Waals surface area (Å²) in [5, 5.41) is 14.1. The second-order valence-electron chi connectivity index (χ2n) is 12.5. The fraction of sp³-hybridized carbons (Fsp3) is 0.333. The number of aliphatic carboxylic acids is 1. The molecule has 7 rings (SSSR count). The number of aromatic nitrogens is 4. The molecule has 0 radical (unpaired) electrons. The molecule has 2 aromatic carbocycles. The van der Waals surface area contributed by atoms with Crippen molar-refractivity contribution >= 4 is 51.5 Å². The summed E-state index contributed by atoms with van der Waals surface area (Å²) < 4.78 is 4.50. The number of carboxylic acid groups (broad SMARTS) is 1. The van der Waals surface area contributed by atoms with Crippen LogP contribution in [-0.4, -0.2) is 36.1 Å². The van der Waals surface area contributed by atoms with Gasteiger partial charge in [0.25, 0.3) is 5.91 Å². The number of pyridine rings is 1. The molecule has 0 aliphatic heterocycles. The van der Waals surface area contributed by atoms with Gasteiger partial charge in [-0.15, -0.1) is 0 Å². The first kappa shape index (κ1) is 29.3. The molecule has 0 saturated heterocycles. The minimum Gasteiger partial charge on any atom is -0.478 e. The summed E-state index contributed by atoms with van der Waals surface area (Å²) in [6, 6.07) is 16.0. The van der Waals surface area contributed by atoms with Gasteiger partial charge in [-0.25, -0.2) is 9.78 Å². The van der Waals surface area contributed by atoms with E-state index in [-0.39, 0.29) is 5.91 Å². The summed E-state index contributed by atoms with van der Waals surface area (Å²) in [6.07, 6.45) is 12.9. The molecule has 2 saturated carbocycles. The number of hydrogen-bond acceptors (Lipinski definition) is 4. The number of halogens is 1. The number of carboxylic acids is 1. The van der Waals surface area contributed by atoms with Crippen LogP contribution in [0.25, 0.3) is 39.4 Å². The molecule has 45 heavy (non-hydrogen) atoms. The van der Waals surface area contributed by atoms with Gasteiger partial charge in [0.05, 0.1) is 33.0 Å². The number of nitrogens with one attached hydrogen (secondary N) is 1. The maximum atomic E-state index is 14.0. The average Bonchev–Trinajstić information content (AvgIpc) is 3.51. The van der Waals surface area contributed by atoms with Gasteiger partial charge in [-0.05, 0) is 98.7 Å². The zero-order valence-electron chi connectivity index (χ0n) is 25.5. The van der Waals surface area contributed by atoms with Crippen LogP contribution in [0.3, 0.4) is 0 Å². The number of nitrogens with zero attached hydrogens (tertiary/aromatic N) is 4. The fourth-order valence-corrected chi connectivity index (χ4v) is 7.42. The van der Waals surface area contributed by atoms with Crippen molar-refractivity contribution < 1.29 is 14.7 Å². The molecular weight excluding hydrogens is 586 g/mol. The average molecular weight is 622 g/mol. The first-order chi connectivity index (χ1) is 21.7. The van der Waals surface area contributed by atoms with Crippen LogP contribution in [0.4, 0.5) is 0 Å². The van der Waals surface area contributed by atoms with Crippen LogP contribution >= 0.6 is 11.6 Å². The van der Waals surface area contributed by atoms with Crippen LogP contribution < -0.4 is 5.32 Å². The van der Waals surface area contributed by atoms with Crippen molar-refractivity contribution in [2.75, 3.05) is 0 Å². The predicted molar refractivity (Wildman–Crippen MR) is 177 cm³/mol. The molecule has 0 atom stereocenters. The Hall–Kier alpha value is -4.43. The van der Waals surface area contributed by atoms with Crippen molar-refractivity contribution in [3.63, 3.8) is 0 Å². The van der Waals surface area contributed by atoms with E-state index in [0.29, 0.717) is 16.6 Å². The topological polar surface area (TPSA) is 102 Å². The van der Waals surface area contributed by atoms with E-state index >= 15 is 0 Å². The SMILES string of the molecule is Cc1c(-c2ccc(Cl)cn2)n(C2CCCCC2)c2ccc(C(=O)NC3(c4nc5cc(C=CC(=O)O)ccc5n4C)CCC3)cc12. The lowest BCUT2D eigenvalue weighted by Crippen LogP contribution is -2.52. The monoisotopic (exact) mass is 621 g/mol. The van der Waals surface area contributed by atoms with Gasteiger partial charge in [0.1, 0.15) is 5.82 Å². The smallest absolute Gasteiger partial charge is 0.328 e. The normalized spacial score (nSPS) is 16.8. The number of carbonyl (C=O) groups is 2. The largest absolute Gasteiger partial charge is 0.478 e. The van der Waals surface area contributed by atoms with E-state index in [1.165, 1.54) is 19.3 Å². The number of benzene rings is 2. The molecule has 2 fully saturated rings. The number of carbonyl (C=O) groups excluding carboxylic acids is 1. The van der Waals surface area contributed by atoms with Crippen LogP contribution in [0, 0.1) is 6.92 Å². The lowest BCUT2D eigenvalue weighted by atomic mass is 9.75. The summed E-state index contributed by atoms with van der Waals surface area (Å²) >= 11 is 6.20. The molecule has 3 aromatic heterocycles. The summed E-state index contributed by atoms with van der Waals surface area (Å²) in [6.45, 7) is 2.13. The highest BCUT2D eigenvalue weighted by Gasteiger charge is 2.44. The molecule has 2 aliphatic rings. The summed E-state index contributed by atoms with van der Waals surface area (Å²) in [7, 11) is 1.97. The minimum absolute atomic E-state index is 0.121. The lowest BCUT2D eigenvalue weighted by Gasteiger charge is -2.41. The Morgan fingerprint density at radius 3 is 2.49 bits per heavy atom. The van der Waals surface area contributed by atoms with E-state index in [9.17, 15) is 9.59 Å². The van der Waals surface area contributed by atoms with Crippen LogP contribution in [-0.2, 0) is 17.4 Å². The maximum absolute atomic E-state index is 14.0. The molecule has 1 amide bonds. The van der Waals surface area contributed by atoms with Crippen molar-refractivity contribution in [2.45, 2.75) is 69.9 Å². The second kappa shape index (κ2) is 11.5. The Labute approximate surface area is 266 Å². The number of aryl methyl sites for hydroxylation is 2.